The Morgan fingerprint density at radius 2 is 1.83 bits per heavy atom. The topological polar surface area (TPSA) is 191 Å². The number of anilines is 1. The molecule has 2 fully saturated rings. The second-order valence-electron chi connectivity index (χ2n) is 10.4. The Bertz CT molecular complexity index is 1860. The average molecular weight is 572 g/mol. The Morgan fingerprint density at radius 1 is 1.07 bits per heavy atom. The van der Waals surface area contributed by atoms with E-state index in [-0.39, 0.29) is 40.4 Å². The van der Waals surface area contributed by atoms with E-state index in [9.17, 15) is 13.2 Å². The number of carbonyl (C=O) groups excluding carboxylic acids is 1. The van der Waals surface area contributed by atoms with Gasteiger partial charge in [0.05, 0.1) is 11.9 Å². The van der Waals surface area contributed by atoms with Crippen LogP contribution < -0.4 is 5.73 Å². The molecule has 5 aromatic rings. The summed E-state index contributed by atoms with van der Waals surface area (Å²) in [7, 11) is -3.75. The van der Waals surface area contributed by atoms with Crippen LogP contribution >= 0.6 is 0 Å². The molecule has 3 N–H and O–H groups in total. The van der Waals surface area contributed by atoms with Gasteiger partial charge in [-0.2, -0.15) is 9.61 Å². The first-order chi connectivity index (χ1) is 19.8. The van der Waals surface area contributed by atoms with Gasteiger partial charge in [0.25, 0.3) is 5.91 Å². The van der Waals surface area contributed by atoms with Crippen LogP contribution in [0.5, 0.6) is 0 Å². The normalized spacial score (nSPS) is 20.5. The van der Waals surface area contributed by atoms with E-state index < -0.39 is 9.84 Å². The number of sulfone groups is 1. The molecule has 208 valence electrons. The molecule has 3 atom stereocenters. The van der Waals surface area contributed by atoms with E-state index in [1.807, 2.05) is 17.0 Å². The molecule has 2 aliphatic rings. The highest BCUT2D eigenvalue weighted by molar-refractivity contribution is 7.91. The lowest BCUT2D eigenvalue weighted by atomic mass is 9.87. The number of nitrogens with zero attached hydrogens (tertiary/aromatic N) is 9. The van der Waals surface area contributed by atoms with Crippen molar-refractivity contribution in [3.05, 3.63) is 60.8 Å². The van der Waals surface area contributed by atoms with E-state index >= 15 is 0 Å². The molecular weight excluding hydrogens is 546 g/mol. The number of H-pyrrole nitrogens is 1. The third-order valence-electron chi connectivity index (χ3n) is 7.88. The number of pyridine rings is 1. The summed E-state index contributed by atoms with van der Waals surface area (Å²) in [5.41, 5.74) is 9.34. The minimum absolute atomic E-state index is 0.00790. The highest BCUT2D eigenvalue weighted by atomic mass is 32.2. The lowest BCUT2D eigenvalue weighted by Crippen LogP contribution is -2.46. The van der Waals surface area contributed by atoms with Gasteiger partial charge >= 0.3 is 0 Å². The monoisotopic (exact) mass is 571 g/mol. The number of nitrogens with one attached hydrogen (secondary N) is 1. The number of nitrogen functional groups attached to an aromatic ring is 1. The Hall–Kier alpha value is -4.79. The number of nitrogens with two attached hydrogens (primary N) is 1. The third-order valence-corrected chi connectivity index (χ3v) is 9.04. The number of hydrogen-bond acceptors (Lipinski definition) is 11. The van der Waals surface area contributed by atoms with Gasteiger partial charge in [0.2, 0.25) is 5.82 Å². The van der Waals surface area contributed by atoms with Crippen LogP contribution in [-0.4, -0.2) is 82.3 Å². The number of aromatic amines is 1. The number of rotatable bonds is 5. The van der Waals surface area contributed by atoms with Gasteiger partial charge in [-0.3, -0.25) is 9.78 Å². The van der Waals surface area contributed by atoms with Crippen molar-refractivity contribution in [2.45, 2.75) is 48.6 Å². The van der Waals surface area contributed by atoms with Crippen LogP contribution in [0.25, 0.3) is 28.3 Å². The summed E-state index contributed by atoms with van der Waals surface area (Å²) in [6.07, 6.45) is 11.8. The van der Waals surface area contributed by atoms with Crippen molar-refractivity contribution < 1.29 is 13.2 Å². The quantitative estimate of drug-likeness (QED) is 0.313. The van der Waals surface area contributed by atoms with Gasteiger partial charge in [0.15, 0.2) is 21.3 Å². The molecule has 0 spiro atoms. The maximum absolute atomic E-state index is 13.1. The minimum Gasteiger partial charge on any atom is -0.382 e. The summed E-state index contributed by atoms with van der Waals surface area (Å²) >= 11 is 0. The fourth-order valence-electron chi connectivity index (χ4n) is 6.16. The SMILES string of the molecule is CS(=O)(=O)c1c([C@@H]2C[C@H]3CC[C@@H](C2)N3C(=O)c2nnc[nH]2)nc2c(-c3ccc(-c4ncccn4)nc3)cnn2c1N. The molecule has 0 unspecified atom stereocenters. The number of fused-ring (bicyclic) bond motifs is 3. The van der Waals surface area contributed by atoms with Gasteiger partial charge in [-0.05, 0) is 37.8 Å². The summed E-state index contributed by atoms with van der Waals surface area (Å²) in [6.45, 7) is 0. The average Bonchev–Trinajstić information content (AvgIpc) is 3.71. The standard InChI is InChI=1S/C26H25N11O3S/c1-41(39,40)21-20(15-9-16-4-5-17(10-15)36(16)26(38)24-31-13-32-35-24)34-25-18(12-33-37(25)22(21)27)14-3-6-19(30-11-14)23-28-7-2-8-29-23/h2-3,6-8,11-13,15-17H,4-5,9-10,27H2,1H3,(H,31,32,35)/t15-,16-,17+. The molecule has 2 bridgehead atoms. The molecule has 1 amide bonds. The molecule has 2 saturated heterocycles. The van der Waals surface area contributed by atoms with Crippen LogP contribution in [0.1, 0.15) is 47.9 Å². The first-order valence-corrected chi connectivity index (χ1v) is 15.0. The lowest BCUT2D eigenvalue weighted by molar-refractivity contribution is 0.0556. The summed E-state index contributed by atoms with van der Waals surface area (Å²) in [4.78, 5) is 35.7. The van der Waals surface area contributed by atoms with Gasteiger partial charge in [-0.25, -0.2) is 23.4 Å². The van der Waals surface area contributed by atoms with E-state index in [1.165, 1.54) is 10.8 Å². The summed E-state index contributed by atoms with van der Waals surface area (Å²) < 4.78 is 27.5. The van der Waals surface area contributed by atoms with E-state index in [2.05, 4.69) is 35.2 Å². The number of amides is 1. The van der Waals surface area contributed by atoms with Crippen molar-refractivity contribution in [3.8, 4) is 22.6 Å². The number of aromatic nitrogens is 9. The maximum Gasteiger partial charge on any atom is 0.292 e. The van der Waals surface area contributed by atoms with Crippen LogP contribution in [0.15, 0.2) is 54.2 Å². The summed E-state index contributed by atoms with van der Waals surface area (Å²) in [5.74, 6) is 0.289. The molecule has 2 aliphatic heterocycles. The van der Waals surface area contributed by atoms with E-state index in [1.54, 1.807) is 30.9 Å². The third kappa shape index (κ3) is 4.20. The van der Waals surface area contributed by atoms with E-state index in [4.69, 9.17) is 10.7 Å². The molecule has 41 heavy (non-hydrogen) atoms. The van der Waals surface area contributed by atoms with Crippen molar-refractivity contribution in [1.82, 2.24) is 49.6 Å². The zero-order valence-electron chi connectivity index (χ0n) is 21.9. The van der Waals surface area contributed by atoms with Gasteiger partial charge in [0.1, 0.15) is 22.7 Å². The molecule has 15 heteroatoms. The Balaban J connectivity index is 1.29. The van der Waals surface area contributed by atoms with Crippen LogP contribution in [-0.2, 0) is 9.84 Å². The molecule has 14 nitrogen and oxygen atoms in total. The largest absolute Gasteiger partial charge is 0.382 e. The Labute approximate surface area is 234 Å². The van der Waals surface area contributed by atoms with Crippen molar-refractivity contribution in [3.63, 3.8) is 0 Å². The van der Waals surface area contributed by atoms with Crippen molar-refractivity contribution in [1.29, 1.82) is 0 Å². The van der Waals surface area contributed by atoms with Crippen LogP contribution in [0, 0.1) is 0 Å². The fraction of sp³-hybridized carbons (Fsp3) is 0.308. The molecule has 0 aliphatic carbocycles. The van der Waals surface area contributed by atoms with Gasteiger partial charge in [-0.15, -0.1) is 10.2 Å². The van der Waals surface area contributed by atoms with Crippen molar-refractivity contribution >= 4 is 27.2 Å². The second-order valence-corrected chi connectivity index (χ2v) is 12.3. The Kier molecular flexibility index (Phi) is 5.78. The van der Waals surface area contributed by atoms with Crippen molar-refractivity contribution in [2.24, 2.45) is 0 Å². The maximum atomic E-state index is 13.1. The predicted molar refractivity (Wildman–Crippen MR) is 146 cm³/mol. The highest BCUT2D eigenvalue weighted by Gasteiger charge is 2.46. The van der Waals surface area contributed by atoms with E-state index in [0.29, 0.717) is 41.3 Å². The number of piperidine rings is 1. The second kappa shape index (κ2) is 9.40. The number of carbonyl (C=O) groups is 1. The van der Waals surface area contributed by atoms with E-state index in [0.717, 1.165) is 24.7 Å². The predicted octanol–water partition coefficient (Wildman–Crippen LogP) is 1.90. The molecule has 0 aromatic carbocycles. The highest BCUT2D eigenvalue weighted by Crippen LogP contribution is 2.45. The van der Waals surface area contributed by atoms with Crippen LogP contribution in [0.3, 0.4) is 0 Å². The van der Waals surface area contributed by atoms with Crippen molar-refractivity contribution in [2.75, 3.05) is 12.0 Å². The van der Waals surface area contributed by atoms with Gasteiger partial charge < -0.3 is 15.6 Å². The molecule has 7 rings (SSSR count). The van der Waals surface area contributed by atoms with Gasteiger partial charge in [0, 0.05) is 54.0 Å². The van der Waals surface area contributed by atoms with Gasteiger partial charge in [-0.1, -0.05) is 6.07 Å². The molecule has 5 aromatic heterocycles. The first kappa shape index (κ1) is 25.2. The molecule has 0 saturated carbocycles. The molecule has 7 heterocycles. The molecule has 0 radical (unpaired) electrons. The van der Waals surface area contributed by atoms with Crippen LogP contribution in [0.2, 0.25) is 0 Å². The summed E-state index contributed by atoms with van der Waals surface area (Å²) in [6, 6.07) is 5.25. The number of hydrogen-bond donors (Lipinski definition) is 2. The Morgan fingerprint density at radius 3 is 2.46 bits per heavy atom. The zero-order chi connectivity index (χ0) is 28.3. The fourth-order valence-corrected chi connectivity index (χ4v) is 7.22. The zero-order valence-corrected chi connectivity index (χ0v) is 22.7. The summed E-state index contributed by atoms with van der Waals surface area (Å²) in [5, 5.41) is 12.0. The minimum atomic E-state index is -3.75. The smallest absolute Gasteiger partial charge is 0.292 e. The lowest BCUT2D eigenvalue weighted by Gasteiger charge is -2.38. The molecular formula is C26H25N11O3S. The van der Waals surface area contributed by atoms with Crippen LogP contribution in [0.4, 0.5) is 5.82 Å². The first-order valence-electron chi connectivity index (χ1n) is 13.1.